The molecule has 0 amide bonds. The van der Waals surface area contributed by atoms with Gasteiger partial charge in [-0.05, 0) is 24.0 Å². The van der Waals surface area contributed by atoms with Crippen LogP contribution in [0.5, 0.6) is 0 Å². The highest BCUT2D eigenvalue weighted by Crippen LogP contribution is 2.16. The van der Waals surface area contributed by atoms with Crippen molar-refractivity contribution in [1.82, 2.24) is 0 Å². The van der Waals surface area contributed by atoms with Crippen LogP contribution in [0.25, 0.3) is 0 Å². The van der Waals surface area contributed by atoms with Gasteiger partial charge in [0.1, 0.15) is 0 Å². The molecule has 0 aliphatic heterocycles. The maximum absolute atomic E-state index is 12.2. The highest BCUT2D eigenvalue weighted by Gasteiger charge is 2.12. The summed E-state index contributed by atoms with van der Waals surface area (Å²) in [5.41, 5.74) is 6.82. The summed E-state index contributed by atoms with van der Waals surface area (Å²) in [6.45, 7) is 4.13. The number of hydrogen-bond donors (Lipinski definition) is 0. The van der Waals surface area contributed by atoms with Gasteiger partial charge < -0.3 is 0 Å². The highest BCUT2D eigenvalue weighted by molar-refractivity contribution is 6.10. The standard InChI is InChI=1S/2C15H14O.C13H10O/c2*1-2-12-8-6-7-11-14(12)15(16)13-9-4-3-5-10-13;14-13(11-7-3-1-4-8-11)12-9-5-2-6-10-12/h2*3-11H,2H2,1H3;1-10H. The first-order valence-electron chi connectivity index (χ1n) is 15.5. The SMILES string of the molecule is CCc1ccccc1C(=O)c1ccccc1.CCc1ccccc1C(=O)c1ccccc1.O=C(c1ccccc1)c1ccccc1. The molecule has 0 aliphatic carbocycles. The Hall–Kier alpha value is -5.67. The first-order valence-corrected chi connectivity index (χ1v) is 15.5. The van der Waals surface area contributed by atoms with Crippen molar-refractivity contribution in [3.63, 3.8) is 0 Å². The van der Waals surface area contributed by atoms with E-state index >= 15 is 0 Å². The largest absolute Gasteiger partial charge is 0.289 e. The molecule has 0 N–H and O–H groups in total. The quantitative estimate of drug-likeness (QED) is 0.163. The Morgan fingerprint density at radius 3 is 0.848 bits per heavy atom. The molecule has 0 heterocycles. The number of rotatable bonds is 8. The average molecular weight is 603 g/mol. The van der Waals surface area contributed by atoms with E-state index in [1.54, 1.807) is 0 Å². The third kappa shape index (κ3) is 9.17. The Bertz CT molecular complexity index is 1690. The third-order valence-electron chi connectivity index (χ3n) is 7.43. The van der Waals surface area contributed by atoms with E-state index in [9.17, 15) is 14.4 Å². The minimum absolute atomic E-state index is 0.0752. The summed E-state index contributed by atoms with van der Waals surface area (Å²) in [4.78, 5) is 36.3. The lowest BCUT2D eigenvalue weighted by atomic mass is 9.97. The van der Waals surface area contributed by atoms with Gasteiger partial charge in [-0.15, -0.1) is 0 Å². The molecule has 6 aromatic carbocycles. The summed E-state index contributed by atoms with van der Waals surface area (Å²) < 4.78 is 0. The number of benzene rings is 6. The second-order valence-electron chi connectivity index (χ2n) is 10.5. The Kier molecular flexibility index (Phi) is 12.7. The summed E-state index contributed by atoms with van der Waals surface area (Å²) in [7, 11) is 0. The molecule has 0 spiro atoms. The minimum Gasteiger partial charge on any atom is -0.289 e. The molecule has 0 aromatic heterocycles. The monoisotopic (exact) mass is 602 g/mol. The first kappa shape index (κ1) is 33.2. The zero-order chi connectivity index (χ0) is 32.6. The van der Waals surface area contributed by atoms with Gasteiger partial charge in [-0.25, -0.2) is 0 Å². The lowest BCUT2D eigenvalue weighted by molar-refractivity contribution is 0.103. The molecular formula is C43H38O3. The van der Waals surface area contributed by atoms with Crippen LogP contribution in [0.1, 0.15) is 72.7 Å². The summed E-state index contributed by atoms with van der Waals surface area (Å²) in [5.74, 6) is 0.294. The van der Waals surface area contributed by atoms with Crippen molar-refractivity contribution in [3.05, 3.63) is 214 Å². The molecule has 46 heavy (non-hydrogen) atoms. The molecule has 0 atom stereocenters. The van der Waals surface area contributed by atoms with Gasteiger partial charge in [-0.3, -0.25) is 14.4 Å². The number of hydrogen-bond acceptors (Lipinski definition) is 3. The molecule has 3 nitrogen and oxygen atoms in total. The summed E-state index contributed by atoms with van der Waals surface area (Å²) in [6.07, 6.45) is 1.77. The van der Waals surface area contributed by atoms with E-state index in [0.29, 0.717) is 0 Å². The van der Waals surface area contributed by atoms with Crippen LogP contribution in [0.4, 0.5) is 0 Å². The van der Waals surface area contributed by atoms with Gasteiger partial charge in [0.2, 0.25) is 0 Å². The van der Waals surface area contributed by atoms with E-state index in [1.807, 2.05) is 170 Å². The first-order chi connectivity index (χ1) is 22.5. The molecule has 228 valence electrons. The van der Waals surface area contributed by atoms with Crippen LogP contribution < -0.4 is 0 Å². The van der Waals surface area contributed by atoms with Crippen molar-refractivity contribution in [3.8, 4) is 0 Å². The van der Waals surface area contributed by atoms with E-state index in [-0.39, 0.29) is 17.3 Å². The lowest BCUT2D eigenvalue weighted by Gasteiger charge is -2.06. The van der Waals surface area contributed by atoms with E-state index < -0.39 is 0 Å². The van der Waals surface area contributed by atoms with E-state index in [1.165, 1.54) is 0 Å². The number of carbonyl (C=O) groups is 3. The molecule has 0 aliphatic rings. The predicted octanol–water partition coefficient (Wildman–Crippen LogP) is 9.88. The van der Waals surface area contributed by atoms with Crippen LogP contribution in [0, 0.1) is 0 Å². The van der Waals surface area contributed by atoms with Gasteiger partial charge in [-0.2, -0.15) is 0 Å². The maximum atomic E-state index is 12.2. The summed E-state index contributed by atoms with van der Waals surface area (Å²) >= 11 is 0. The van der Waals surface area contributed by atoms with Crippen LogP contribution in [-0.4, -0.2) is 17.3 Å². The van der Waals surface area contributed by atoms with Crippen molar-refractivity contribution in [2.45, 2.75) is 26.7 Å². The molecule has 6 rings (SSSR count). The van der Waals surface area contributed by atoms with Crippen molar-refractivity contribution >= 4 is 17.3 Å². The smallest absolute Gasteiger partial charge is 0.193 e. The highest BCUT2D eigenvalue weighted by atomic mass is 16.1. The average Bonchev–Trinajstić information content (AvgIpc) is 3.15. The molecule has 0 unspecified atom stereocenters. The third-order valence-corrected chi connectivity index (χ3v) is 7.43. The van der Waals surface area contributed by atoms with Crippen LogP contribution in [0.3, 0.4) is 0 Å². The van der Waals surface area contributed by atoms with Crippen LogP contribution in [0.2, 0.25) is 0 Å². The molecule has 0 bridgehead atoms. The normalized spacial score (nSPS) is 9.96. The van der Waals surface area contributed by atoms with Crippen LogP contribution in [-0.2, 0) is 12.8 Å². The van der Waals surface area contributed by atoms with Crippen molar-refractivity contribution in [2.24, 2.45) is 0 Å². The Balaban J connectivity index is 0.000000157. The Morgan fingerprint density at radius 2 is 0.565 bits per heavy atom. The van der Waals surface area contributed by atoms with Crippen molar-refractivity contribution in [2.75, 3.05) is 0 Å². The van der Waals surface area contributed by atoms with Crippen molar-refractivity contribution in [1.29, 1.82) is 0 Å². The fourth-order valence-electron chi connectivity index (χ4n) is 4.94. The second kappa shape index (κ2) is 17.6. The van der Waals surface area contributed by atoms with E-state index in [0.717, 1.165) is 57.3 Å². The predicted molar refractivity (Wildman–Crippen MR) is 188 cm³/mol. The Morgan fingerprint density at radius 1 is 0.326 bits per heavy atom. The van der Waals surface area contributed by atoms with Crippen LogP contribution >= 0.6 is 0 Å². The molecule has 0 fully saturated rings. The topological polar surface area (TPSA) is 51.2 Å². The van der Waals surface area contributed by atoms with Crippen LogP contribution in [0.15, 0.2) is 170 Å². The Labute approximate surface area is 272 Å². The molecule has 0 saturated heterocycles. The summed E-state index contributed by atoms with van der Waals surface area (Å²) in [6, 6.07) is 53.0. The van der Waals surface area contributed by atoms with Gasteiger partial charge in [0.15, 0.2) is 17.3 Å². The molecule has 0 radical (unpaired) electrons. The van der Waals surface area contributed by atoms with E-state index in [2.05, 4.69) is 13.8 Å². The molecule has 6 aromatic rings. The molecule has 3 heteroatoms. The number of carbonyl (C=O) groups excluding carboxylic acids is 3. The van der Waals surface area contributed by atoms with E-state index in [4.69, 9.17) is 0 Å². The van der Waals surface area contributed by atoms with Crippen molar-refractivity contribution < 1.29 is 14.4 Å². The van der Waals surface area contributed by atoms with Gasteiger partial charge in [0.05, 0.1) is 0 Å². The molecular weight excluding hydrogens is 564 g/mol. The van der Waals surface area contributed by atoms with Gasteiger partial charge >= 0.3 is 0 Å². The molecule has 0 saturated carbocycles. The fraction of sp³-hybridized carbons (Fsp3) is 0.0930. The van der Waals surface area contributed by atoms with Gasteiger partial charge in [0.25, 0.3) is 0 Å². The maximum Gasteiger partial charge on any atom is 0.193 e. The minimum atomic E-state index is 0.0752. The number of ketones is 3. The lowest BCUT2D eigenvalue weighted by Crippen LogP contribution is -2.04. The second-order valence-corrected chi connectivity index (χ2v) is 10.5. The zero-order valence-electron chi connectivity index (χ0n) is 26.3. The zero-order valence-corrected chi connectivity index (χ0v) is 26.3. The van der Waals surface area contributed by atoms with Gasteiger partial charge in [-0.1, -0.05) is 184 Å². The number of aryl methyl sites for hydroxylation is 2. The fourth-order valence-corrected chi connectivity index (χ4v) is 4.94. The van der Waals surface area contributed by atoms with Gasteiger partial charge in [0, 0.05) is 33.4 Å². The summed E-state index contributed by atoms with van der Waals surface area (Å²) in [5, 5.41) is 0.